The van der Waals surface area contributed by atoms with Gasteiger partial charge in [-0.05, 0) is 31.5 Å². The Kier molecular flexibility index (Phi) is 3.61. The molecular weight excluding hydrogens is 192 g/mol. The highest BCUT2D eigenvalue weighted by Crippen LogP contribution is 2.19. The van der Waals surface area contributed by atoms with Crippen LogP contribution in [0, 0.1) is 0 Å². The van der Waals surface area contributed by atoms with Crippen LogP contribution in [-0.2, 0) is 0 Å². The highest BCUT2D eigenvalue weighted by atomic mass is 16.3. The molecule has 3 nitrogen and oxygen atoms in total. The van der Waals surface area contributed by atoms with E-state index >= 15 is 0 Å². The highest BCUT2D eigenvalue weighted by Gasteiger charge is 2.14. The van der Waals surface area contributed by atoms with Gasteiger partial charge in [0, 0.05) is 17.5 Å². The maximum Gasteiger partial charge on any atom is 0.163 e. The molecular formula is C12H14O3. The van der Waals surface area contributed by atoms with Crippen LogP contribution < -0.4 is 0 Å². The van der Waals surface area contributed by atoms with Crippen molar-refractivity contribution in [3.8, 4) is 5.75 Å². The first kappa shape index (κ1) is 11.4. The molecule has 0 fully saturated rings. The van der Waals surface area contributed by atoms with Crippen molar-refractivity contribution in [1.29, 1.82) is 0 Å². The van der Waals surface area contributed by atoms with Crippen LogP contribution in [0.2, 0.25) is 0 Å². The summed E-state index contributed by atoms with van der Waals surface area (Å²) in [6, 6.07) is 4.27. The van der Waals surface area contributed by atoms with E-state index in [1.54, 1.807) is 0 Å². The van der Waals surface area contributed by atoms with E-state index in [0.29, 0.717) is 17.5 Å². The Hall–Kier alpha value is -1.64. The van der Waals surface area contributed by atoms with E-state index in [2.05, 4.69) is 0 Å². The summed E-state index contributed by atoms with van der Waals surface area (Å²) in [5.41, 5.74) is 0.704. The molecule has 15 heavy (non-hydrogen) atoms. The summed E-state index contributed by atoms with van der Waals surface area (Å²) in [7, 11) is 0. The zero-order valence-corrected chi connectivity index (χ0v) is 8.91. The third kappa shape index (κ3) is 2.65. The highest BCUT2D eigenvalue weighted by molar-refractivity contribution is 6.08. The van der Waals surface area contributed by atoms with Gasteiger partial charge in [0.25, 0.3) is 0 Å². The van der Waals surface area contributed by atoms with Gasteiger partial charge in [0.05, 0.1) is 0 Å². The van der Waals surface area contributed by atoms with Gasteiger partial charge in [-0.25, -0.2) is 0 Å². The van der Waals surface area contributed by atoms with Crippen LogP contribution in [0.4, 0.5) is 0 Å². The fourth-order valence-corrected chi connectivity index (χ4v) is 1.43. The monoisotopic (exact) mass is 206 g/mol. The van der Waals surface area contributed by atoms with Crippen LogP contribution in [-0.4, -0.2) is 16.7 Å². The summed E-state index contributed by atoms with van der Waals surface area (Å²) in [4.78, 5) is 22.9. The van der Waals surface area contributed by atoms with E-state index in [0.717, 1.165) is 6.42 Å². The lowest BCUT2D eigenvalue weighted by atomic mass is 9.98. The maximum atomic E-state index is 11.6. The zero-order valence-electron chi connectivity index (χ0n) is 8.91. The lowest BCUT2D eigenvalue weighted by Gasteiger charge is -2.05. The smallest absolute Gasteiger partial charge is 0.163 e. The topological polar surface area (TPSA) is 54.4 Å². The van der Waals surface area contributed by atoms with Crippen LogP contribution in [0.15, 0.2) is 18.2 Å². The molecule has 0 saturated carbocycles. The number of carbonyl (C=O) groups is 2. The summed E-state index contributed by atoms with van der Waals surface area (Å²) in [6.45, 7) is 3.29. The lowest BCUT2D eigenvalue weighted by molar-refractivity contribution is 0.0961. The molecule has 1 aromatic rings. The number of phenols is 1. The number of hydrogen-bond donors (Lipinski definition) is 1. The number of carbonyl (C=O) groups excluding carboxylic acids is 2. The summed E-state index contributed by atoms with van der Waals surface area (Å²) in [5.74, 6) is -0.249. The molecule has 3 heteroatoms. The minimum Gasteiger partial charge on any atom is -0.508 e. The van der Waals surface area contributed by atoms with Gasteiger partial charge in [-0.1, -0.05) is 6.92 Å². The number of aromatic hydroxyl groups is 1. The van der Waals surface area contributed by atoms with Crippen LogP contribution in [0.1, 0.15) is 47.4 Å². The molecule has 0 radical (unpaired) electrons. The Morgan fingerprint density at radius 3 is 2.47 bits per heavy atom. The molecule has 1 rings (SSSR count). The fourth-order valence-electron chi connectivity index (χ4n) is 1.43. The molecule has 0 spiro atoms. The number of Topliss-reactive ketones (excluding diaryl/α,β-unsaturated/α-hetero) is 2. The van der Waals surface area contributed by atoms with Crippen molar-refractivity contribution in [2.45, 2.75) is 26.7 Å². The lowest BCUT2D eigenvalue weighted by Crippen LogP contribution is -2.06. The molecule has 0 atom stereocenters. The van der Waals surface area contributed by atoms with Gasteiger partial charge in [-0.3, -0.25) is 9.59 Å². The second kappa shape index (κ2) is 4.73. The fraction of sp³-hybridized carbons (Fsp3) is 0.333. The van der Waals surface area contributed by atoms with E-state index in [4.69, 9.17) is 0 Å². The molecule has 0 aromatic heterocycles. The molecule has 0 bridgehead atoms. The van der Waals surface area contributed by atoms with E-state index in [-0.39, 0.29) is 17.3 Å². The Balaban J connectivity index is 3.17. The van der Waals surface area contributed by atoms with Gasteiger partial charge in [-0.15, -0.1) is 0 Å². The third-order valence-electron chi connectivity index (χ3n) is 2.16. The third-order valence-corrected chi connectivity index (χ3v) is 2.16. The number of hydrogen-bond acceptors (Lipinski definition) is 3. The molecule has 0 aliphatic carbocycles. The van der Waals surface area contributed by atoms with Crippen LogP contribution in [0.3, 0.4) is 0 Å². The van der Waals surface area contributed by atoms with Crippen molar-refractivity contribution < 1.29 is 14.7 Å². The minimum absolute atomic E-state index is 0.00764. The number of ketones is 2. The van der Waals surface area contributed by atoms with Gasteiger partial charge in [-0.2, -0.15) is 0 Å². The Labute approximate surface area is 88.7 Å². The molecule has 0 amide bonds. The minimum atomic E-state index is -0.203. The van der Waals surface area contributed by atoms with Crippen molar-refractivity contribution in [1.82, 2.24) is 0 Å². The van der Waals surface area contributed by atoms with Gasteiger partial charge >= 0.3 is 0 Å². The molecule has 0 aliphatic heterocycles. The predicted molar refractivity (Wildman–Crippen MR) is 57.3 cm³/mol. The molecule has 0 saturated heterocycles. The molecule has 1 aromatic carbocycles. The number of benzene rings is 1. The van der Waals surface area contributed by atoms with Crippen molar-refractivity contribution in [3.05, 3.63) is 29.3 Å². The van der Waals surface area contributed by atoms with Crippen molar-refractivity contribution >= 4 is 11.6 Å². The van der Waals surface area contributed by atoms with Gasteiger partial charge in [0.1, 0.15) is 5.75 Å². The summed E-state index contributed by atoms with van der Waals surface area (Å²) in [5, 5.41) is 9.23. The Bertz CT molecular complexity index is 394. The van der Waals surface area contributed by atoms with Crippen LogP contribution >= 0.6 is 0 Å². The summed E-state index contributed by atoms with van der Waals surface area (Å²) >= 11 is 0. The van der Waals surface area contributed by atoms with E-state index in [1.807, 2.05) is 6.92 Å². The largest absolute Gasteiger partial charge is 0.508 e. The average molecular weight is 206 g/mol. The second-order valence-electron chi connectivity index (χ2n) is 3.46. The average Bonchev–Trinajstić information content (AvgIpc) is 2.17. The standard InChI is InChI=1S/C12H14O3/c1-3-4-12(15)10-6-5-9(14)7-11(10)8(2)13/h5-7,14H,3-4H2,1-2H3. The zero-order chi connectivity index (χ0) is 11.4. The van der Waals surface area contributed by atoms with E-state index in [9.17, 15) is 14.7 Å². The van der Waals surface area contributed by atoms with Gasteiger partial charge in [0.2, 0.25) is 0 Å². The molecule has 0 unspecified atom stereocenters. The first-order valence-corrected chi connectivity index (χ1v) is 4.93. The summed E-state index contributed by atoms with van der Waals surface area (Å²) < 4.78 is 0. The first-order chi connectivity index (χ1) is 7.06. The molecule has 1 N–H and O–H groups in total. The predicted octanol–water partition coefficient (Wildman–Crippen LogP) is 2.58. The Morgan fingerprint density at radius 1 is 1.27 bits per heavy atom. The van der Waals surface area contributed by atoms with Crippen LogP contribution in [0.25, 0.3) is 0 Å². The quantitative estimate of drug-likeness (QED) is 0.770. The molecule has 0 aliphatic rings. The van der Waals surface area contributed by atoms with E-state index in [1.165, 1.54) is 25.1 Å². The van der Waals surface area contributed by atoms with E-state index < -0.39 is 0 Å². The van der Waals surface area contributed by atoms with Crippen molar-refractivity contribution in [2.24, 2.45) is 0 Å². The number of rotatable bonds is 4. The van der Waals surface area contributed by atoms with Gasteiger partial charge < -0.3 is 5.11 Å². The molecule has 80 valence electrons. The van der Waals surface area contributed by atoms with Crippen LogP contribution in [0.5, 0.6) is 5.75 Å². The van der Waals surface area contributed by atoms with Crippen molar-refractivity contribution in [3.63, 3.8) is 0 Å². The van der Waals surface area contributed by atoms with Crippen molar-refractivity contribution in [2.75, 3.05) is 0 Å². The first-order valence-electron chi connectivity index (χ1n) is 4.93. The SMILES string of the molecule is CCCC(=O)c1ccc(O)cc1C(C)=O. The normalized spacial score (nSPS) is 10.0. The van der Waals surface area contributed by atoms with Gasteiger partial charge in [0.15, 0.2) is 11.6 Å². The maximum absolute atomic E-state index is 11.6. The Morgan fingerprint density at radius 2 is 1.93 bits per heavy atom. The second-order valence-corrected chi connectivity index (χ2v) is 3.46. The number of phenolic OH excluding ortho intramolecular Hbond substituents is 1. The summed E-state index contributed by atoms with van der Waals surface area (Å²) in [6.07, 6.45) is 1.17. The molecule has 0 heterocycles.